The lowest BCUT2D eigenvalue weighted by Gasteiger charge is -1.83. The van der Waals surface area contributed by atoms with Gasteiger partial charge in [0.15, 0.2) is 0 Å². The van der Waals surface area contributed by atoms with E-state index in [9.17, 15) is 0 Å². The first kappa shape index (κ1) is 7.48. The molecule has 0 aliphatic rings. The molecule has 0 unspecified atom stereocenters. The largest absolute Gasteiger partial charge is 0.292 e. The van der Waals surface area contributed by atoms with Crippen molar-refractivity contribution in [3.05, 3.63) is 22.4 Å². The van der Waals surface area contributed by atoms with Gasteiger partial charge in [-0.2, -0.15) is 0 Å². The molecule has 0 atom stereocenters. The van der Waals surface area contributed by atoms with E-state index in [1.165, 1.54) is 4.88 Å². The summed E-state index contributed by atoms with van der Waals surface area (Å²) in [4.78, 5) is 5.46. The molecule has 0 amide bonds. The molecule has 0 saturated heterocycles. The second-order valence-corrected chi connectivity index (χ2v) is 3.03. The molecular weight excluding hydrogens is 142 g/mol. The second kappa shape index (κ2) is 4.23. The number of hydrogen-bond acceptors (Lipinski definition) is 2. The molecule has 1 aromatic heterocycles. The Morgan fingerprint density at radius 2 is 2.60 bits per heavy atom. The van der Waals surface area contributed by atoms with Gasteiger partial charge < -0.3 is 0 Å². The molecule has 54 valence electrons. The van der Waals surface area contributed by atoms with Crippen molar-refractivity contribution < 1.29 is 0 Å². The molecule has 1 nitrogen and oxygen atoms in total. The Hall–Kier alpha value is -0.630. The average Bonchev–Trinajstić information content (AvgIpc) is 2.41. The third-order valence-corrected chi connectivity index (χ3v) is 1.92. The summed E-state index contributed by atoms with van der Waals surface area (Å²) in [6.45, 7) is 3.07. The van der Waals surface area contributed by atoms with Crippen LogP contribution in [0.25, 0.3) is 0 Å². The standard InChI is InChI=1S/C8H11NS/c1-2-5-9-7-8-4-3-6-10-8/h3-4,6-7H,2,5H2,1H3. The molecule has 10 heavy (non-hydrogen) atoms. The Balaban J connectivity index is 2.40. The van der Waals surface area contributed by atoms with Gasteiger partial charge in [-0.05, 0) is 17.9 Å². The highest BCUT2D eigenvalue weighted by atomic mass is 32.1. The summed E-state index contributed by atoms with van der Waals surface area (Å²) in [6, 6.07) is 4.11. The fraction of sp³-hybridized carbons (Fsp3) is 0.375. The van der Waals surface area contributed by atoms with Crippen LogP contribution in [0.5, 0.6) is 0 Å². The third kappa shape index (κ3) is 2.31. The summed E-state index contributed by atoms with van der Waals surface area (Å²) < 4.78 is 0. The van der Waals surface area contributed by atoms with Crippen LogP contribution in [0.1, 0.15) is 18.2 Å². The van der Waals surface area contributed by atoms with Crippen molar-refractivity contribution >= 4 is 17.6 Å². The van der Waals surface area contributed by atoms with Crippen LogP contribution in [-0.2, 0) is 0 Å². The third-order valence-electron chi connectivity index (χ3n) is 1.11. The van der Waals surface area contributed by atoms with E-state index < -0.39 is 0 Å². The minimum absolute atomic E-state index is 0.942. The molecule has 0 aliphatic carbocycles. The number of rotatable bonds is 3. The van der Waals surface area contributed by atoms with E-state index in [1.54, 1.807) is 11.3 Å². The van der Waals surface area contributed by atoms with Crippen LogP contribution < -0.4 is 0 Å². The average molecular weight is 153 g/mol. The zero-order valence-electron chi connectivity index (χ0n) is 6.08. The van der Waals surface area contributed by atoms with Crippen LogP contribution in [-0.4, -0.2) is 12.8 Å². The van der Waals surface area contributed by atoms with E-state index in [1.807, 2.05) is 12.3 Å². The smallest absolute Gasteiger partial charge is 0.0448 e. The second-order valence-electron chi connectivity index (χ2n) is 2.05. The van der Waals surface area contributed by atoms with E-state index in [0.717, 1.165) is 13.0 Å². The first-order valence-electron chi connectivity index (χ1n) is 3.47. The van der Waals surface area contributed by atoms with Gasteiger partial charge in [0.25, 0.3) is 0 Å². The van der Waals surface area contributed by atoms with Crippen molar-refractivity contribution in [2.24, 2.45) is 4.99 Å². The molecule has 1 heterocycles. The van der Waals surface area contributed by atoms with Crippen molar-refractivity contribution in [3.63, 3.8) is 0 Å². The fourth-order valence-corrected chi connectivity index (χ4v) is 1.26. The van der Waals surface area contributed by atoms with Gasteiger partial charge in [0.05, 0.1) is 0 Å². The van der Waals surface area contributed by atoms with E-state index >= 15 is 0 Å². The van der Waals surface area contributed by atoms with Crippen molar-refractivity contribution in [1.82, 2.24) is 0 Å². The van der Waals surface area contributed by atoms with E-state index in [4.69, 9.17) is 0 Å². The lowest BCUT2D eigenvalue weighted by Crippen LogP contribution is -1.77. The molecule has 0 bridgehead atoms. The summed E-state index contributed by atoms with van der Waals surface area (Å²) in [5.74, 6) is 0. The van der Waals surface area contributed by atoms with Gasteiger partial charge in [0.2, 0.25) is 0 Å². The zero-order valence-corrected chi connectivity index (χ0v) is 6.90. The number of thiophene rings is 1. The number of aliphatic imine (C=N–C) groups is 1. The highest BCUT2D eigenvalue weighted by molar-refractivity contribution is 7.11. The quantitative estimate of drug-likeness (QED) is 0.592. The molecule has 0 N–H and O–H groups in total. The monoisotopic (exact) mass is 153 g/mol. The van der Waals surface area contributed by atoms with Crippen molar-refractivity contribution in [3.8, 4) is 0 Å². The topological polar surface area (TPSA) is 12.4 Å². The van der Waals surface area contributed by atoms with Gasteiger partial charge in [-0.25, -0.2) is 0 Å². The Kier molecular flexibility index (Phi) is 3.16. The zero-order chi connectivity index (χ0) is 7.23. The molecule has 1 aromatic rings. The van der Waals surface area contributed by atoms with Gasteiger partial charge in [-0.3, -0.25) is 4.99 Å². The SMILES string of the molecule is CCCN=Cc1cccs1. The number of hydrogen-bond donors (Lipinski definition) is 0. The van der Waals surface area contributed by atoms with Crippen molar-refractivity contribution in [1.29, 1.82) is 0 Å². The lowest BCUT2D eigenvalue weighted by molar-refractivity contribution is 0.937. The van der Waals surface area contributed by atoms with E-state index in [0.29, 0.717) is 0 Å². The Morgan fingerprint density at radius 3 is 3.20 bits per heavy atom. The molecular formula is C8H11NS. The minimum Gasteiger partial charge on any atom is -0.292 e. The lowest BCUT2D eigenvalue weighted by atomic mass is 10.5. The summed E-state index contributed by atoms with van der Waals surface area (Å²) in [5, 5.41) is 2.06. The van der Waals surface area contributed by atoms with Crippen LogP contribution in [0.4, 0.5) is 0 Å². The van der Waals surface area contributed by atoms with Gasteiger partial charge >= 0.3 is 0 Å². The van der Waals surface area contributed by atoms with Gasteiger partial charge in [-0.15, -0.1) is 11.3 Å². The molecule has 1 rings (SSSR count). The Labute approximate surface area is 65.4 Å². The van der Waals surface area contributed by atoms with Gasteiger partial charge in [-0.1, -0.05) is 13.0 Å². The maximum absolute atomic E-state index is 4.22. The maximum Gasteiger partial charge on any atom is 0.0448 e. The minimum atomic E-state index is 0.942. The highest BCUT2D eigenvalue weighted by Gasteiger charge is 1.83. The first-order chi connectivity index (χ1) is 4.93. The van der Waals surface area contributed by atoms with Crippen LogP contribution in [0.3, 0.4) is 0 Å². The molecule has 0 saturated carbocycles. The summed E-state index contributed by atoms with van der Waals surface area (Å²) >= 11 is 1.72. The number of nitrogens with zero attached hydrogens (tertiary/aromatic N) is 1. The Morgan fingerprint density at radius 1 is 1.70 bits per heavy atom. The molecule has 0 spiro atoms. The molecule has 0 fully saturated rings. The molecule has 0 aromatic carbocycles. The summed E-state index contributed by atoms with van der Waals surface area (Å²) in [6.07, 6.45) is 3.07. The predicted octanol–water partition coefficient (Wildman–Crippen LogP) is 2.58. The van der Waals surface area contributed by atoms with E-state index in [2.05, 4.69) is 23.4 Å². The van der Waals surface area contributed by atoms with Crippen molar-refractivity contribution in [2.45, 2.75) is 13.3 Å². The van der Waals surface area contributed by atoms with Crippen LogP contribution in [0, 0.1) is 0 Å². The maximum atomic E-state index is 4.22. The molecule has 0 aliphatic heterocycles. The molecule has 0 radical (unpaired) electrons. The van der Waals surface area contributed by atoms with Gasteiger partial charge in [0, 0.05) is 17.6 Å². The normalized spacial score (nSPS) is 10.9. The first-order valence-corrected chi connectivity index (χ1v) is 4.35. The fourth-order valence-electron chi connectivity index (χ4n) is 0.648. The van der Waals surface area contributed by atoms with Crippen LogP contribution in [0.2, 0.25) is 0 Å². The van der Waals surface area contributed by atoms with E-state index in [-0.39, 0.29) is 0 Å². The predicted molar refractivity (Wildman–Crippen MR) is 47.1 cm³/mol. The molecule has 2 heteroatoms. The van der Waals surface area contributed by atoms with Gasteiger partial charge in [0.1, 0.15) is 0 Å². The van der Waals surface area contributed by atoms with Crippen LogP contribution >= 0.6 is 11.3 Å². The highest BCUT2D eigenvalue weighted by Crippen LogP contribution is 2.04. The van der Waals surface area contributed by atoms with Crippen LogP contribution in [0.15, 0.2) is 22.5 Å². The van der Waals surface area contributed by atoms with Crippen molar-refractivity contribution in [2.75, 3.05) is 6.54 Å². The Bertz CT molecular complexity index is 189. The summed E-state index contributed by atoms with van der Waals surface area (Å²) in [5.41, 5.74) is 0. The summed E-state index contributed by atoms with van der Waals surface area (Å²) in [7, 11) is 0.